The lowest BCUT2D eigenvalue weighted by atomic mass is 9.85. The van der Waals surface area contributed by atoms with Crippen LogP contribution in [0.5, 0.6) is 0 Å². The van der Waals surface area contributed by atoms with Crippen molar-refractivity contribution in [3.63, 3.8) is 0 Å². The van der Waals surface area contributed by atoms with Crippen molar-refractivity contribution in [3.8, 4) is 22.3 Å². The number of para-hydroxylation sites is 1. The largest absolute Gasteiger partial charge is 0.455 e. The molecule has 3 nitrogen and oxygen atoms in total. The Morgan fingerprint density at radius 2 is 1.13 bits per heavy atom. The number of hydrogen-bond acceptors (Lipinski definition) is 3. The van der Waals surface area contributed by atoms with Gasteiger partial charge in [-0.1, -0.05) is 140 Å². The number of furan rings is 2. The van der Waals surface area contributed by atoms with Gasteiger partial charge in [-0.25, -0.2) is 4.99 Å². The summed E-state index contributed by atoms with van der Waals surface area (Å²) in [7, 11) is 0. The maximum absolute atomic E-state index is 6.74. The lowest BCUT2D eigenvalue weighted by Gasteiger charge is -2.22. The van der Waals surface area contributed by atoms with Crippen molar-refractivity contribution in [1.29, 1.82) is 0 Å². The molecule has 2 aromatic heterocycles. The van der Waals surface area contributed by atoms with Crippen molar-refractivity contribution in [3.05, 3.63) is 180 Å². The lowest BCUT2D eigenvalue weighted by molar-refractivity contribution is 0.598. The molecular weight excluding hydrogens is 659 g/mol. The van der Waals surface area contributed by atoms with E-state index in [4.69, 9.17) is 13.8 Å². The number of allylic oxidation sites excluding steroid dienone is 1. The Morgan fingerprint density at radius 1 is 0.500 bits per heavy atom. The minimum Gasteiger partial charge on any atom is -0.455 e. The van der Waals surface area contributed by atoms with Crippen molar-refractivity contribution in [1.82, 2.24) is 0 Å². The first-order chi connectivity index (χ1) is 26.6. The van der Waals surface area contributed by atoms with Gasteiger partial charge in [0.1, 0.15) is 22.4 Å². The van der Waals surface area contributed by atoms with Crippen molar-refractivity contribution in [2.45, 2.75) is 20.3 Å². The zero-order valence-corrected chi connectivity index (χ0v) is 30.1. The lowest BCUT2D eigenvalue weighted by Crippen LogP contribution is -2.15. The Balaban J connectivity index is 1.04. The predicted octanol–water partition coefficient (Wildman–Crippen LogP) is 14.4. The third-order valence-electron chi connectivity index (χ3n) is 11.4. The molecule has 3 heterocycles. The highest BCUT2D eigenvalue weighted by molar-refractivity contribution is 6.34. The van der Waals surface area contributed by atoms with Crippen LogP contribution in [0.25, 0.3) is 82.3 Å². The molecule has 3 heteroatoms. The van der Waals surface area contributed by atoms with Crippen molar-refractivity contribution >= 4 is 71.4 Å². The molecule has 54 heavy (non-hydrogen) atoms. The molecule has 1 aliphatic heterocycles. The minimum absolute atomic E-state index is 0.169. The van der Waals surface area contributed by atoms with Crippen molar-refractivity contribution < 1.29 is 8.83 Å². The first-order valence-corrected chi connectivity index (χ1v) is 18.8. The highest BCUT2D eigenvalue weighted by Gasteiger charge is 2.27. The van der Waals surface area contributed by atoms with Gasteiger partial charge in [-0.05, 0) is 93.0 Å². The molecule has 0 spiro atoms. The molecule has 0 fully saturated rings. The fourth-order valence-corrected chi connectivity index (χ4v) is 8.98. The molecule has 1 aliphatic rings. The van der Waals surface area contributed by atoms with Crippen LogP contribution in [0.15, 0.2) is 177 Å². The molecule has 1 unspecified atom stereocenters. The fraction of sp³-hybridized carbons (Fsp3) is 0.0784. The zero-order valence-electron chi connectivity index (χ0n) is 30.1. The third kappa shape index (κ3) is 4.65. The highest BCUT2D eigenvalue weighted by atomic mass is 16.3. The van der Waals surface area contributed by atoms with Crippen molar-refractivity contribution in [2.75, 3.05) is 0 Å². The van der Waals surface area contributed by atoms with Gasteiger partial charge in [-0.15, -0.1) is 0 Å². The van der Waals surface area contributed by atoms with Crippen LogP contribution < -0.4 is 0 Å². The molecule has 0 saturated heterocycles. The topological polar surface area (TPSA) is 38.6 Å². The van der Waals surface area contributed by atoms with E-state index < -0.39 is 0 Å². The van der Waals surface area contributed by atoms with Crippen LogP contribution in [-0.4, -0.2) is 5.71 Å². The fourth-order valence-electron chi connectivity index (χ4n) is 8.98. The van der Waals surface area contributed by atoms with Crippen molar-refractivity contribution in [2.24, 2.45) is 10.9 Å². The number of nitrogens with zero attached hydrogens (tertiary/aromatic N) is 1. The van der Waals surface area contributed by atoms with E-state index in [0.717, 1.165) is 73.5 Å². The Kier molecular flexibility index (Phi) is 6.81. The number of benzene rings is 8. The molecule has 0 bridgehead atoms. The van der Waals surface area contributed by atoms with Crippen LogP contribution in [0.3, 0.4) is 0 Å². The summed E-state index contributed by atoms with van der Waals surface area (Å²) in [5, 5.41) is 8.41. The van der Waals surface area contributed by atoms with Gasteiger partial charge in [0.2, 0.25) is 0 Å². The van der Waals surface area contributed by atoms with Crippen LogP contribution in [0, 0.1) is 5.92 Å². The molecule has 0 aliphatic carbocycles. The smallest absolute Gasteiger partial charge is 0.161 e. The van der Waals surface area contributed by atoms with E-state index in [-0.39, 0.29) is 5.92 Å². The third-order valence-corrected chi connectivity index (χ3v) is 11.4. The number of fused-ring (bicyclic) bond motifs is 6. The maximum Gasteiger partial charge on any atom is 0.161 e. The van der Waals surface area contributed by atoms with Gasteiger partial charge >= 0.3 is 0 Å². The van der Waals surface area contributed by atoms with Gasteiger partial charge in [-0.3, -0.25) is 0 Å². The van der Waals surface area contributed by atoms with Gasteiger partial charge in [0, 0.05) is 33.2 Å². The van der Waals surface area contributed by atoms with E-state index in [9.17, 15) is 0 Å². The normalized spacial score (nSPS) is 16.3. The van der Waals surface area contributed by atoms with Gasteiger partial charge in [-0.2, -0.15) is 0 Å². The zero-order chi connectivity index (χ0) is 35.9. The molecular formula is C51H35NO2. The van der Waals surface area contributed by atoms with Gasteiger partial charge in [0.15, 0.2) is 5.76 Å². The van der Waals surface area contributed by atoms with E-state index in [2.05, 4.69) is 159 Å². The standard InChI is InChI=1S/C51H35NO2/c1-30-28-31(2)48(52-49-42-18-8-9-20-43(42)53-51(49)45(30)36-15-10-14-35(29-36)32-12-4-3-5-13-32)34-24-22-33(23-25-34)37-26-27-41-39-17-7-6-16-38(39)40-19-11-21-44-46(40)47(41)50(37)54-44/h3-27,29,31H,28H2,1-2H3/b45-30+,52-48?. The summed E-state index contributed by atoms with van der Waals surface area (Å²) < 4.78 is 13.4. The molecule has 256 valence electrons. The number of rotatable bonds is 4. The van der Waals surface area contributed by atoms with E-state index in [1.54, 1.807) is 0 Å². The highest BCUT2D eigenvalue weighted by Crippen LogP contribution is 2.47. The van der Waals surface area contributed by atoms with Crippen LogP contribution in [0.2, 0.25) is 0 Å². The second-order valence-corrected chi connectivity index (χ2v) is 14.7. The van der Waals surface area contributed by atoms with E-state index in [1.165, 1.54) is 49.0 Å². The molecule has 1 atom stereocenters. The average molecular weight is 694 g/mol. The van der Waals surface area contributed by atoms with E-state index >= 15 is 0 Å². The molecule has 8 aromatic carbocycles. The Labute approximate surface area is 312 Å². The van der Waals surface area contributed by atoms with E-state index in [0.29, 0.717) is 0 Å². The first-order valence-electron chi connectivity index (χ1n) is 18.8. The van der Waals surface area contributed by atoms with Crippen LogP contribution >= 0.6 is 0 Å². The summed E-state index contributed by atoms with van der Waals surface area (Å²) in [6, 6.07) is 56.1. The van der Waals surface area contributed by atoms with E-state index in [1.807, 2.05) is 12.1 Å². The summed E-state index contributed by atoms with van der Waals surface area (Å²) in [6.45, 7) is 4.55. The molecule has 11 rings (SSSR count). The molecule has 10 aromatic rings. The SMILES string of the molecule is C/C1=C(/c2cccc(-c3ccccc3)c2)c2oc3ccccc3c2N=C(c2ccc(-c3ccc4c5ccccc5c5cccc6oc3c4c65)cc2)C(C)C1. The minimum atomic E-state index is 0.169. The summed E-state index contributed by atoms with van der Waals surface area (Å²) in [4.78, 5) is 5.53. The van der Waals surface area contributed by atoms with Gasteiger partial charge in [0.05, 0.1) is 5.71 Å². The monoisotopic (exact) mass is 693 g/mol. The van der Waals surface area contributed by atoms with Gasteiger partial charge in [0.25, 0.3) is 0 Å². The second kappa shape index (κ2) is 11.9. The summed E-state index contributed by atoms with van der Waals surface area (Å²) >= 11 is 0. The quantitative estimate of drug-likeness (QED) is 0.172. The Hall–Kier alpha value is -6.71. The van der Waals surface area contributed by atoms with Gasteiger partial charge < -0.3 is 8.83 Å². The summed E-state index contributed by atoms with van der Waals surface area (Å²) in [6.07, 6.45) is 0.854. The second-order valence-electron chi connectivity index (χ2n) is 14.7. The predicted molar refractivity (Wildman–Crippen MR) is 225 cm³/mol. The first kappa shape index (κ1) is 30.9. The van der Waals surface area contributed by atoms with Crippen LogP contribution in [0.4, 0.5) is 5.69 Å². The summed E-state index contributed by atoms with van der Waals surface area (Å²) in [5.74, 6) is 0.998. The number of hydrogen-bond donors (Lipinski definition) is 0. The summed E-state index contributed by atoms with van der Waals surface area (Å²) in [5.41, 5.74) is 13.9. The van der Waals surface area contributed by atoms with Crippen LogP contribution in [-0.2, 0) is 0 Å². The Bertz CT molecular complexity index is 3140. The maximum atomic E-state index is 6.74. The molecule has 0 N–H and O–H groups in total. The molecule has 0 amide bonds. The van der Waals surface area contributed by atoms with Crippen LogP contribution in [0.1, 0.15) is 37.2 Å². The number of aliphatic imine (C=N–C) groups is 1. The molecule has 0 radical (unpaired) electrons. The average Bonchev–Trinajstić information content (AvgIpc) is 3.78. The molecule has 0 saturated carbocycles. The Morgan fingerprint density at radius 3 is 1.94 bits per heavy atom.